The number of carbonyl (C=O) groups is 2. The lowest BCUT2D eigenvalue weighted by Crippen LogP contribution is -2.24. The zero-order chi connectivity index (χ0) is 23.4. The summed E-state index contributed by atoms with van der Waals surface area (Å²) in [6.07, 6.45) is 8.23. The highest BCUT2D eigenvalue weighted by Gasteiger charge is 2.26. The van der Waals surface area contributed by atoms with Crippen molar-refractivity contribution in [2.45, 2.75) is 77.9 Å². The van der Waals surface area contributed by atoms with Gasteiger partial charge >= 0.3 is 0 Å². The van der Waals surface area contributed by atoms with Gasteiger partial charge < -0.3 is 15.1 Å². The van der Waals surface area contributed by atoms with Crippen molar-refractivity contribution < 1.29 is 19.8 Å². The maximum atomic E-state index is 12.0. The van der Waals surface area contributed by atoms with Gasteiger partial charge in [0.2, 0.25) is 0 Å². The Hall–Kier alpha value is -2.64. The molecule has 1 saturated heterocycles. The highest BCUT2D eigenvalue weighted by molar-refractivity contribution is 5.98. The average molecular weight is 452 g/mol. The number of aliphatic hydroxyl groups excluding tert-OH is 2. The maximum Gasteiger partial charge on any atom is 0.181 e. The van der Waals surface area contributed by atoms with E-state index in [1.165, 1.54) is 12.8 Å². The van der Waals surface area contributed by atoms with Crippen molar-refractivity contribution in [3.8, 4) is 0 Å². The second-order valence-electron chi connectivity index (χ2n) is 8.98. The van der Waals surface area contributed by atoms with Crippen molar-refractivity contribution >= 4 is 17.3 Å². The third-order valence-corrected chi connectivity index (χ3v) is 6.76. The summed E-state index contributed by atoms with van der Waals surface area (Å²) in [7, 11) is 0. The number of aromatic nitrogens is 2. The monoisotopic (exact) mass is 451 g/mol. The molecule has 1 aliphatic heterocycles. The number of nitrogens with zero attached hydrogens (tertiary/aromatic N) is 3. The van der Waals surface area contributed by atoms with Gasteiger partial charge in [0.1, 0.15) is 11.4 Å². The fourth-order valence-corrected chi connectivity index (χ4v) is 5.09. The topological polar surface area (TPSA) is 104 Å². The molecule has 2 aromatic heterocycles. The van der Waals surface area contributed by atoms with Crippen molar-refractivity contribution in [2.75, 3.05) is 18.0 Å². The predicted molar refractivity (Wildman–Crippen MR) is 126 cm³/mol. The summed E-state index contributed by atoms with van der Waals surface area (Å²) >= 11 is 0. The van der Waals surface area contributed by atoms with Crippen LogP contribution in [-0.4, -0.2) is 44.8 Å². The van der Waals surface area contributed by atoms with Gasteiger partial charge in [-0.2, -0.15) is 0 Å². The molecule has 0 spiro atoms. The highest BCUT2D eigenvalue weighted by Crippen LogP contribution is 2.32. The number of ketones is 2. The Bertz CT molecular complexity index is 1040. The SMILES string of the molecule is CCc1cc(CO)nc2c1CCCC2=O.O=C1CCCc2c(N3CCCC3)cc(CO)nc21. The average Bonchev–Trinajstić information content (AvgIpc) is 3.39. The first-order valence-corrected chi connectivity index (χ1v) is 12.1. The van der Waals surface area contributed by atoms with Crippen LogP contribution in [0.15, 0.2) is 12.1 Å². The molecule has 7 nitrogen and oxygen atoms in total. The van der Waals surface area contributed by atoms with Gasteiger partial charge in [0.15, 0.2) is 11.6 Å². The molecule has 176 valence electrons. The van der Waals surface area contributed by atoms with Crippen LogP contribution in [0.2, 0.25) is 0 Å². The number of carbonyl (C=O) groups excluding carboxylic acids is 2. The Kier molecular flexibility index (Phi) is 7.50. The number of fused-ring (bicyclic) bond motifs is 2. The lowest BCUT2D eigenvalue weighted by molar-refractivity contribution is 0.0958. The smallest absolute Gasteiger partial charge is 0.181 e. The van der Waals surface area contributed by atoms with Crippen molar-refractivity contribution in [3.05, 3.63) is 51.6 Å². The Labute approximate surface area is 194 Å². The molecule has 5 rings (SSSR count). The van der Waals surface area contributed by atoms with E-state index in [0.717, 1.165) is 67.6 Å². The first-order chi connectivity index (χ1) is 16.0. The molecule has 0 aromatic carbocycles. The van der Waals surface area contributed by atoms with Crippen LogP contribution in [0.1, 0.15) is 94.5 Å². The number of anilines is 1. The quantitative estimate of drug-likeness (QED) is 0.735. The molecule has 3 aliphatic rings. The minimum Gasteiger partial charge on any atom is -0.390 e. The van der Waals surface area contributed by atoms with Crippen LogP contribution in [0.25, 0.3) is 0 Å². The van der Waals surface area contributed by atoms with E-state index in [4.69, 9.17) is 5.11 Å². The number of Topliss-reactive ketones (excluding diaryl/α,β-unsaturated/α-hetero) is 2. The fourth-order valence-electron chi connectivity index (χ4n) is 5.09. The van der Waals surface area contributed by atoms with Crippen LogP contribution in [0, 0.1) is 0 Å². The lowest BCUT2D eigenvalue weighted by Gasteiger charge is -2.25. The van der Waals surface area contributed by atoms with Crippen molar-refractivity contribution in [1.29, 1.82) is 0 Å². The first kappa shape index (κ1) is 23.5. The van der Waals surface area contributed by atoms with Gasteiger partial charge in [-0.25, -0.2) is 9.97 Å². The van der Waals surface area contributed by atoms with E-state index in [2.05, 4.69) is 21.8 Å². The minimum absolute atomic E-state index is 0.0897. The zero-order valence-electron chi connectivity index (χ0n) is 19.4. The Morgan fingerprint density at radius 2 is 1.33 bits per heavy atom. The standard InChI is InChI=1S/C14H18N2O2.C12H15NO2/c17-9-10-8-12(16-6-1-2-7-16)11-4-3-5-13(18)14(11)15-10;1-2-8-6-9(7-14)13-12-10(8)4-3-5-11(12)15/h8,17H,1-7,9H2;6,14H,2-5,7H2,1H3. The van der Waals surface area contributed by atoms with Gasteiger partial charge in [0.25, 0.3) is 0 Å². The third kappa shape index (κ3) is 4.99. The molecule has 0 saturated carbocycles. The molecule has 3 heterocycles. The van der Waals surface area contributed by atoms with Crippen LogP contribution in [0.4, 0.5) is 5.69 Å². The Balaban J connectivity index is 0.000000160. The molecule has 2 aromatic rings. The summed E-state index contributed by atoms with van der Waals surface area (Å²) in [5.41, 5.74) is 6.94. The minimum atomic E-state index is -0.0958. The number of rotatable bonds is 4. The number of hydrogen-bond acceptors (Lipinski definition) is 7. The predicted octanol–water partition coefficient (Wildman–Crippen LogP) is 3.35. The molecule has 33 heavy (non-hydrogen) atoms. The van der Waals surface area contributed by atoms with E-state index in [-0.39, 0.29) is 24.8 Å². The van der Waals surface area contributed by atoms with Gasteiger partial charge in [0.05, 0.1) is 24.6 Å². The van der Waals surface area contributed by atoms with E-state index in [9.17, 15) is 14.7 Å². The van der Waals surface area contributed by atoms with Crippen molar-refractivity contribution in [2.24, 2.45) is 0 Å². The van der Waals surface area contributed by atoms with E-state index >= 15 is 0 Å². The van der Waals surface area contributed by atoms with E-state index in [1.807, 2.05) is 12.1 Å². The number of aryl methyl sites for hydroxylation is 1. The fraction of sp³-hybridized carbons (Fsp3) is 0.538. The summed E-state index contributed by atoms with van der Waals surface area (Å²) in [5.74, 6) is 0.258. The Morgan fingerprint density at radius 1 is 0.788 bits per heavy atom. The van der Waals surface area contributed by atoms with Gasteiger partial charge in [-0.3, -0.25) is 9.59 Å². The van der Waals surface area contributed by atoms with Crippen molar-refractivity contribution in [3.63, 3.8) is 0 Å². The van der Waals surface area contributed by atoms with Crippen molar-refractivity contribution in [1.82, 2.24) is 9.97 Å². The largest absolute Gasteiger partial charge is 0.390 e. The second kappa shape index (κ2) is 10.5. The van der Waals surface area contributed by atoms with Crippen LogP contribution in [-0.2, 0) is 32.5 Å². The number of hydrogen-bond donors (Lipinski definition) is 2. The molecule has 7 heteroatoms. The van der Waals surface area contributed by atoms with Crippen LogP contribution >= 0.6 is 0 Å². The van der Waals surface area contributed by atoms with Gasteiger partial charge in [-0.1, -0.05) is 6.92 Å². The molecule has 2 N–H and O–H groups in total. The lowest BCUT2D eigenvalue weighted by atomic mass is 9.90. The van der Waals surface area contributed by atoms with Gasteiger partial charge in [-0.15, -0.1) is 0 Å². The number of pyridine rings is 2. The molecular formula is C26H33N3O4. The van der Waals surface area contributed by atoms with E-state index in [1.54, 1.807) is 0 Å². The van der Waals surface area contributed by atoms with E-state index in [0.29, 0.717) is 35.6 Å². The highest BCUT2D eigenvalue weighted by atomic mass is 16.3. The summed E-state index contributed by atoms with van der Waals surface area (Å²) < 4.78 is 0. The summed E-state index contributed by atoms with van der Waals surface area (Å²) in [5, 5.41) is 18.4. The molecule has 1 fully saturated rings. The molecule has 0 unspecified atom stereocenters. The second-order valence-corrected chi connectivity index (χ2v) is 8.98. The number of aliphatic hydroxyl groups is 2. The summed E-state index contributed by atoms with van der Waals surface area (Å²) in [6.45, 7) is 3.98. The molecule has 0 bridgehead atoms. The maximum absolute atomic E-state index is 12.0. The molecule has 2 aliphatic carbocycles. The molecule has 0 atom stereocenters. The molecular weight excluding hydrogens is 418 g/mol. The summed E-state index contributed by atoms with van der Waals surface area (Å²) in [4.78, 5) is 34.5. The summed E-state index contributed by atoms with van der Waals surface area (Å²) in [6, 6.07) is 3.88. The molecule has 0 amide bonds. The van der Waals surface area contributed by atoms with Gasteiger partial charge in [-0.05, 0) is 68.2 Å². The van der Waals surface area contributed by atoms with Crippen LogP contribution in [0.5, 0.6) is 0 Å². The normalized spacial score (nSPS) is 17.4. The first-order valence-electron chi connectivity index (χ1n) is 12.1. The van der Waals surface area contributed by atoms with Crippen LogP contribution < -0.4 is 4.90 Å². The zero-order valence-corrected chi connectivity index (χ0v) is 19.4. The molecule has 0 radical (unpaired) electrons. The van der Waals surface area contributed by atoms with E-state index < -0.39 is 0 Å². The van der Waals surface area contributed by atoms with Gasteiger partial charge in [0, 0.05) is 37.2 Å². The van der Waals surface area contributed by atoms with Crippen LogP contribution in [0.3, 0.4) is 0 Å². The third-order valence-electron chi connectivity index (χ3n) is 6.76. The Morgan fingerprint density at radius 3 is 1.91 bits per heavy atom.